The first-order valence-electron chi connectivity index (χ1n) is 6.68. The third kappa shape index (κ3) is 2.85. The zero-order valence-corrected chi connectivity index (χ0v) is 12.6. The first-order valence-corrected chi connectivity index (χ1v) is 6.68. The highest BCUT2D eigenvalue weighted by molar-refractivity contribution is 5.95. The fourth-order valence-electron chi connectivity index (χ4n) is 2.01. The summed E-state index contributed by atoms with van der Waals surface area (Å²) in [4.78, 5) is 23.8. The van der Waals surface area contributed by atoms with Gasteiger partial charge in [0.05, 0.1) is 25.0 Å². The molecule has 0 unspecified atom stereocenters. The largest absolute Gasteiger partial charge is 0.465 e. The predicted molar refractivity (Wildman–Crippen MR) is 80.0 cm³/mol. The maximum absolute atomic E-state index is 11.9. The van der Waals surface area contributed by atoms with Crippen LogP contribution in [0.4, 0.5) is 5.82 Å². The molecule has 1 aromatic carbocycles. The molecular formula is C15H14N4O4. The van der Waals surface area contributed by atoms with Gasteiger partial charge in [0.15, 0.2) is 5.69 Å². The number of aromatic nitrogens is 2. The quantitative estimate of drug-likeness (QED) is 0.844. The molecule has 0 aliphatic carbocycles. The summed E-state index contributed by atoms with van der Waals surface area (Å²) in [7, 11) is 1.25. The van der Waals surface area contributed by atoms with Crippen LogP contribution in [0.2, 0.25) is 0 Å². The van der Waals surface area contributed by atoms with Crippen molar-refractivity contribution in [3.8, 4) is 11.8 Å². The van der Waals surface area contributed by atoms with E-state index in [1.54, 1.807) is 25.1 Å². The van der Waals surface area contributed by atoms with Crippen molar-refractivity contribution >= 4 is 17.8 Å². The van der Waals surface area contributed by atoms with Gasteiger partial charge in [-0.15, -0.1) is 0 Å². The number of benzene rings is 1. The van der Waals surface area contributed by atoms with Crippen molar-refractivity contribution in [3.05, 3.63) is 41.1 Å². The van der Waals surface area contributed by atoms with Crippen LogP contribution in [0, 0.1) is 11.3 Å². The third-order valence-electron chi connectivity index (χ3n) is 3.04. The molecule has 0 saturated carbocycles. The van der Waals surface area contributed by atoms with Crippen LogP contribution >= 0.6 is 0 Å². The lowest BCUT2D eigenvalue weighted by Crippen LogP contribution is -2.11. The van der Waals surface area contributed by atoms with Crippen molar-refractivity contribution in [2.75, 3.05) is 19.5 Å². The molecule has 0 bridgehead atoms. The van der Waals surface area contributed by atoms with E-state index in [0.717, 1.165) is 4.68 Å². The van der Waals surface area contributed by atoms with E-state index < -0.39 is 11.9 Å². The monoisotopic (exact) mass is 314 g/mol. The van der Waals surface area contributed by atoms with Gasteiger partial charge in [-0.1, -0.05) is 12.1 Å². The number of esters is 2. The summed E-state index contributed by atoms with van der Waals surface area (Å²) >= 11 is 0. The smallest absolute Gasteiger partial charge is 0.360 e. The Balaban J connectivity index is 2.65. The van der Waals surface area contributed by atoms with E-state index in [-0.39, 0.29) is 29.2 Å². The summed E-state index contributed by atoms with van der Waals surface area (Å²) < 4.78 is 10.7. The van der Waals surface area contributed by atoms with Gasteiger partial charge in [0.1, 0.15) is 17.5 Å². The zero-order chi connectivity index (χ0) is 17.0. The number of ether oxygens (including phenoxy) is 2. The van der Waals surface area contributed by atoms with Crippen molar-refractivity contribution in [2.24, 2.45) is 0 Å². The van der Waals surface area contributed by atoms with Crippen molar-refractivity contribution in [2.45, 2.75) is 6.92 Å². The second kappa shape index (κ2) is 6.62. The normalized spacial score (nSPS) is 9.96. The zero-order valence-electron chi connectivity index (χ0n) is 12.6. The van der Waals surface area contributed by atoms with Gasteiger partial charge in [-0.05, 0) is 19.1 Å². The first kappa shape index (κ1) is 16.0. The molecule has 2 aromatic rings. The van der Waals surface area contributed by atoms with E-state index in [9.17, 15) is 14.9 Å². The van der Waals surface area contributed by atoms with Crippen LogP contribution < -0.4 is 5.73 Å². The Hall–Kier alpha value is -3.34. The number of nitriles is 1. The van der Waals surface area contributed by atoms with Gasteiger partial charge >= 0.3 is 11.9 Å². The standard InChI is InChI=1S/C15H14N4O4/c1-3-23-15(21)12-10(8-16)13(17)19(18-12)11-7-5-4-6-9(11)14(20)22-2/h4-7H,3,17H2,1-2H3. The van der Waals surface area contributed by atoms with Crippen molar-refractivity contribution < 1.29 is 19.1 Å². The molecule has 0 fully saturated rings. The van der Waals surface area contributed by atoms with Crippen LogP contribution in [0.5, 0.6) is 0 Å². The number of anilines is 1. The first-order chi connectivity index (χ1) is 11.0. The van der Waals surface area contributed by atoms with E-state index in [1.807, 2.05) is 6.07 Å². The molecule has 0 amide bonds. The molecule has 8 heteroatoms. The fourth-order valence-corrected chi connectivity index (χ4v) is 2.01. The Labute approximate surface area is 132 Å². The van der Waals surface area contributed by atoms with Gasteiger partial charge in [0, 0.05) is 0 Å². The number of nitrogens with two attached hydrogens (primary N) is 1. The Morgan fingerprint density at radius 2 is 2.04 bits per heavy atom. The highest BCUT2D eigenvalue weighted by Crippen LogP contribution is 2.24. The van der Waals surface area contributed by atoms with Crippen molar-refractivity contribution in [3.63, 3.8) is 0 Å². The lowest BCUT2D eigenvalue weighted by molar-refractivity contribution is 0.0518. The second-order valence-electron chi connectivity index (χ2n) is 4.36. The van der Waals surface area contributed by atoms with E-state index in [4.69, 9.17) is 15.2 Å². The van der Waals surface area contributed by atoms with Crippen LogP contribution in [0.25, 0.3) is 5.69 Å². The van der Waals surface area contributed by atoms with Crippen LogP contribution in [0.15, 0.2) is 24.3 Å². The molecule has 0 atom stereocenters. The van der Waals surface area contributed by atoms with Crippen molar-refractivity contribution in [1.82, 2.24) is 9.78 Å². The molecule has 0 aliphatic heterocycles. The number of hydrogen-bond donors (Lipinski definition) is 1. The van der Waals surface area contributed by atoms with E-state index in [0.29, 0.717) is 5.69 Å². The predicted octanol–water partition coefficient (Wildman–Crippen LogP) is 1.29. The van der Waals surface area contributed by atoms with Gasteiger partial charge in [0.25, 0.3) is 0 Å². The van der Waals surface area contributed by atoms with Gasteiger partial charge in [-0.25, -0.2) is 14.3 Å². The van der Waals surface area contributed by atoms with Gasteiger partial charge in [0.2, 0.25) is 0 Å². The molecule has 23 heavy (non-hydrogen) atoms. The molecule has 118 valence electrons. The lowest BCUT2D eigenvalue weighted by atomic mass is 10.2. The summed E-state index contributed by atoms with van der Waals surface area (Å²) in [6, 6.07) is 8.24. The van der Waals surface area contributed by atoms with Gasteiger partial charge < -0.3 is 15.2 Å². The number of carbonyl (C=O) groups is 2. The van der Waals surface area contributed by atoms with E-state index in [1.165, 1.54) is 13.2 Å². The Morgan fingerprint density at radius 3 is 2.65 bits per heavy atom. The number of para-hydroxylation sites is 1. The summed E-state index contributed by atoms with van der Waals surface area (Å²) in [5.41, 5.74) is 6.09. The topological polar surface area (TPSA) is 120 Å². The average Bonchev–Trinajstić information content (AvgIpc) is 2.90. The number of rotatable bonds is 4. The maximum Gasteiger partial charge on any atom is 0.360 e. The number of hydrogen-bond acceptors (Lipinski definition) is 7. The maximum atomic E-state index is 11.9. The summed E-state index contributed by atoms with van der Waals surface area (Å²) in [5.74, 6) is -1.41. The molecule has 0 aliphatic rings. The molecular weight excluding hydrogens is 300 g/mol. The minimum atomic E-state index is -0.759. The minimum Gasteiger partial charge on any atom is -0.465 e. The fraction of sp³-hybridized carbons (Fsp3) is 0.200. The summed E-state index contributed by atoms with van der Waals surface area (Å²) in [6.45, 7) is 1.77. The average molecular weight is 314 g/mol. The second-order valence-corrected chi connectivity index (χ2v) is 4.36. The SMILES string of the molecule is CCOC(=O)c1nn(-c2ccccc2C(=O)OC)c(N)c1C#N. The van der Waals surface area contributed by atoms with Crippen LogP contribution in [-0.4, -0.2) is 35.4 Å². The minimum absolute atomic E-state index is 0.0630. The molecule has 8 nitrogen and oxygen atoms in total. The number of methoxy groups -OCH3 is 1. The van der Waals surface area contributed by atoms with E-state index >= 15 is 0 Å². The summed E-state index contributed by atoms with van der Waals surface area (Å²) in [5, 5.41) is 13.3. The lowest BCUT2D eigenvalue weighted by Gasteiger charge is -2.08. The number of carbonyl (C=O) groups excluding carboxylic acids is 2. The Kier molecular flexibility index (Phi) is 4.61. The molecule has 1 heterocycles. The number of nitrogens with zero attached hydrogens (tertiary/aromatic N) is 3. The Morgan fingerprint density at radius 1 is 1.35 bits per heavy atom. The molecule has 0 radical (unpaired) electrons. The van der Waals surface area contributed by atoms with Crippen molar-refractivity contribution in [1.29, 1.82) is 5.26 Å². The molecule has 2 rings (SSSR count). The molecule has 1 aromatic heterocycles. The van der Waals surface area contributed by atoms with Gasteiger partial charge in [-0.3, -0.25) is 0 Å². The van der Waals surface area contributed by atoms with Crippen LogP contribution in [0.1, 0.15) is 33.3 Å². The van der Waals surface area contributed by atoms with Gasteiger partial charge in [-0.2, -0.15) is 10.4 Å². The highest BCUT2D eigenvalue weighted by Gasteiger charge is 2.25. The van der Waals surface area contributed by atoms with Crippen LogP contribution in [-0.2, 0) is 9.47 Å². The number of nitrogen functional groups attached to an aromatic ring is 1. The molecule has 0 saturated heterocycles. The molecule has 2 N–H and O–H groups in total. The summed E-state index contributed by atoms with van der Waals surface area (Å²) in [6.07, 6.45) is 0. The highest BCUT2D eigenvalue weighted by atomic mass is 16.5. The van der Waals surface area contributed by atoms with E-state index in [2.05, 4.69) is 5.10 Å². The molecule has 0 spiro atoms. The van der Waals surface area contributed by atoms with Crippen LogP contribution in [0.3, 0.4) is 0 Å². The Bertz CT molecular complexity index is 804. The third-order valence-corrected chi connectivity index (χ3v) is 3.04.